The molecule has 0 saturated carbocycles. The summed E-state index contributed by atoms with van der Waals surface area (Å²) in [7, 11) is 0. The van der Waals surface area contributed by atoms with Crippen LogP contribution in [0, 0.1) is 12.7 Å². The molecule has 1 unspecified atom stereocenters. The van der Waals surface area contributed by atoms with E-state index < -0.39 is 0 Å². The molecule has 1 aliphatic heterocycles. The lowest BCUT2D eigenvalue weighted by Crippen LogP contribution is -2.41. The van der Waals surface area contributed by atoms with Gasteiger partial charge < -0.3 is 9.64 Å². The molecule has 2 aromatic rings. The second-order valence-corrected chi connectivity index (χ2v) is 5.94. The lowest BCUT2D eigenvalue weighted by molar-refractivity contribution is -0.133. The summed E-state index contributed by atoms with van der Waals surface area (Å²) in [6, 6.07) is 14.2. The van der Waals surface area contributed by atoms with Crippen LogP contribution in [0.15, 0.2) is 54.6 Å². The van der Waals surface area contributed by atoms with E-state index in [1.165, 1.54) is 17.7 Å². The number of hydrogen-bond acceptors (Lipinski definition) is 2. The number of morpholine rings is 1. The average Bonchev–Trinajstić information content (AvgIpc) is 2.62. The molecule has 0 aromatic heterocycles. The Hall–Kier alpha value is -2.46. The largest absolute Gasteiger partial charge is 0.370 e. The zero-order valence-electron chi connectivity index (χ0n) is 13.6. The molecule has 1 atom stereocenters. The second-order valence-electron chi connectivity index (χ2n) is 5.94. The van der Waals surface area contributed by atoms with E-state index in [2.05, 4.69) is 0 Å². The minimum Gasteiger partial charge on any atom is -0.370 e. The van der Waals surface area contributed by atoms with Crippen molar-refractivity contribution >= 4 is 12.0 Å². The summed E-state index contributed by atoms with van der Waals surface area (Å²) >= 11 is 0. The van der Waals surface area contributed by atoms with Crippen LogP contribution in [0.4, 0.5) is 4.39 Å². The molecule has 0 aliphatic carbocycles. The van der Waals surface area contributed by atoms with Crippen molar-refractivity contribution in [2.24, 2.45) is 0 Å². The van der Waals surface area contributed by atoms with Crippen LogP contribution in [-0.4, -0.2) is 30.5 Å². The monoisotopic (exact) mass is 325 g/mol. The fraction of sp³-hybridized carbons (Fsp3) is 0.250. The third-order valence-electron chi connectivity index (χ3n) is 4.12. The molecular weight excluding hydrogens is 305 g/mol. The Labute approximate surface area is 141 Å². The molecule has 1 aliphatic rings. The summed E-state index contributed by atoms with van der Waals surface area (Å²) in [5.41, 5.74) is 3.07. The first-order chi connectivity index (χ1) is 11.6. The number of carbonyl (C=O) groups is 1. The lowest BCUT2D eigenvalue weighted by Gasteiger charge is -2.32. The van der Waals surface area contributed by atoms with Crippen LogP contribution in [-0.2, 0) is 9.53 Å². The maximum atomic E-state index is 13.0. The highest BCUT2D eigenvalue weighted by atomic mass is 19.1. The average molecular weight is 325 g/mol. The number of ether oxygens (including phenoxy) is 1. The Bertz CT molecular complexity index is 722. The van der Waals surface area contributed by atoms with Crippen molar-refractivity contribution in [1.29, 1.82) is 0 Å². The summed E-state index contributed by atoms with van der Waals surface area (Å²) in [5, 5.41) is 0. The summed E-state index contributed by atoms with van der Waals surface area (Å²) in [6.45, 7) is 3.55. The number of hydrogen-bond donors (Lipinski definition) is 0. The van der Waals surface area contributed by atoms with E-state index in [4.69, 9.17) is 4.74 Å². The standard InChI is InChI=1S/C20H20FNO2/c1-15-2-4-16(5-3-15)6-11-20(23)22-12-13-24-19(14-22)17-7-9-18(21)10-8-17/h2-11,19H,12-14H2,1H3/b11-6+. The van der Waals surface area contributed by atoms with E-state index in [0.717, 1.165) is 11.1 Å². The molecule has 124 valence electrons. The van der Waals surface area contributed by atoms with Gasteiger partial charge in [0.25, 0.3) is 0 Å². The van der Waals surface area contributed by atoms with Gasteiger partial charge in [-0.1, -0.05) is 42.0 Å². The van der Waals surface area contributed by atoms with Crippen LogP contribution < -0.4 is 0 Å². The van der Waals surface area contributed by atoms with E-state index in [-0.39, 0.29) is 17.8 Å². The predicted molar refractivity (Wildman–Crippen MR) is 91.9 cm³/mol. The van der Waals surface area contributed by atoms with Gasteiger partial charge in [0.15, 0.2) is 0 Å². The molecule has 2 aromatic carbocycles. The van der Waals surface area contributed by atoms with Gasteiger partial charge in [-0.25, -0.2) is 4.39 Å². The van der Waals surface area contributed by atoms with Crippen molar-refractivity contribution in [1.82, 2.24) is 4.90 Å². The Morgan fingerprint density at radius 3 is 2.58 bits per heavy atom. The smallest absolute Gasteiger partial charge is 0.246 e. The van der Waals surface area contributed by atoms with E-state index in [9.17, 15) is 9.18 Å². The van der Waals surface area contributed by atoms with E-state index in [0.29, 0.717) is 19.7 Å². The topological polar surface area (TPSA) is 29.5 Å². The Morgan fingerprint density at radius 1 is 1.17 bits per heavy atom. The van der Waals surface area contributed by atoms with Crippen LogP contribution in [0.25, 0.3) is 6.08 Å². The number of aryl methyl sites for hydroxylation is 1. The number of nitrogens with zero attached hydrogens (tertiary/aromatic N) is 1. The molecule has 1 fully saturated rings. The first-order valence-electron chi connectivity index (χ1n) is 8.02. The van der Waals surface area contributed by atoms with Gasteiger partial charge in [0, 0.05) is 12.6 Å². The summed E-state index contributed by atoms with van der Waals surface area (Å²) in [4.78, 5) is 14.2. The van der Waals surface area contributed by atoms with Crippen molar-refractivity contribution in [2.45, 2.75) is 13.0 Å². The third-order valence-corrected chi connectivity index (χ3v) is 4.12. The van der Waals surface area contributed by atoms with Crippen LogP contribution in [0.3, 0.4) is 0 Å². The highest BCUT2D eigenvalue weighted by Crippen LogP contribution is 2.22. The molecule has 0 bridgehead atoms. The van der Waals surface area contributed by atoms with Gasteiger partial charge in [-0.15, -0.1) is 0 Å². The number of benzene rings is 2. The van der Waals surface area contributed by atoms with Crippen molar-refractivity contribution in [3.05, 3.63) is 77.1 Å². The predicted octanol–water partition coefficient (Wildman–Crippen LogP) is 3.75. The highest BCUT2D eigenvalue weighted by molar-refractivity contribution is 5.91. The number of carbonyl (C=O) groups excluding carboxylic acids is 1. The van der Waals surface area contributed by atoms with E-state index >= 15 is 0 Å². The maximum absolute atomic E-state index is 13.0. The van der Waals surface area contributed by atoms with E-state index in [1.54, 1.807) is 23.1 Å². The van der Waals surface area contributed by atoms with Gasteiger partial charge in [0.1, 0.15) is 11.9 Å². The summed E-state index contributed by atoms with van der Waals surface area (Å²) < 4.78 is 18.8. The van der Waals surface area contributed by atoms with Gasteiger partial charge in [0.05, 0.1) is 13.2 Å². The van der Waals surface area contributed by atoms with Crippen LogP contribution in [0.5, 0.6) is 0 Å². The van der Waals surface area contributed by atoms with Gasteiger partial charge in [-0.2, -0.15) is 0 Å². The molecule has 3 nitrogen and oxygen atoms in total. The normalized spacial score (nSPS) is 18.1. The van der Waals surface area contributed by atoms with Crippen LogP contribution in [0.1, 0.15) is 22.8 Å². The number of halogens is 1. The van der Waals surface area contributed by atoms with Crippen LogP contribution >= 0.6 is 0 Å². The van der Waals surface area contributed by atoms with Crippen molar-refractivity contribution < 1.29 is 13.9 Å². The maximum Gasteiger partial charge on any atom is 0.246 e. The fourth-order valence-electron chi connectivity index (χ4n) is 2.68. The lowest BCUT2D eigenvalue weighted by atomic mass is 10.1. The van der Waals surface area contributed by atoms with Crippen molar-refractivity contribution in [2.75, 3.05) is 19.7 Å². The minimum atomic E-state index is -0.275. The van der Waals surface area contributed by atoms with Crippen LogP contribution in [0.2, 0.25) is 0 Å². The minimum absolute atomic E-state index is 0.0361. The first-order valence-corrected chi connectivity index (χ1v) is 8.02. The SMILES string of the molecule is Cc1ccc(/C=C/C(=O)N2CCOC(c3ccc(F)cc3)C2)cc1. The molecule has 1 saturated heterocycles. The van der Waals surface area contributed by atoms with Crippen molar-refractivity contribution in [3.63, 3.8) is 0 Å². The Balaban J connectivity index is 1.64. The molecule has 0 N–H and O–H groups in total. The number of rotatable bonds is 3. The molecule has 0 radical (unpaired) electrons. The molecule has 3 rings (SSSR count). The van der Waals surface area contributed by atoms with Gasteiger partial charge in [-0.3, -0.25) is 4.79 Å². The van der Waals surface area contributed by atoms with E-state index in [1.807, 2.05) is 37.3 Å². The van der Waals surface area contributed by atoms with Gasteiger partial charge in [0.2, 0.25) is 5.91 Å². The second kappa shape index (κ2) is 7.41. The zero-order valence-corrected chi connectivity index (χ0v) is 13.6. The third kappa shape index (κ3) is 4.09. The number of amides is 1. The molecule has 24 heavy (non-hydrogen) atoms. The van der Waals surface area contributed by atoms with Gasteiger partial charge >= 0.3 is 0 Å². The zero-order chi connectivity index (χ0) is 16.9. The molecule has 0 spiro atoms. The molecule has 4 heteroatoms. The summed E-state index contributed by atoms with van der Waals surface area (Å²) in [6.07, 6.45) is 3.21. The molecular formula is C20H20FNO2. The van der Waals surface area contributed by atoms with Gasteiger partial charge in [-0.05, 0) is 36.3 Å². The molecule has 1 amide bonds. The summed E-state index contributed by atoms with van der Waals surface area (Å²) in [5.74, 6) is -0.311. The highest BCUT2D eigenvalue weighted by Gasteiger charge is 2.24. The Kier molecular flexibility index (Phi) is 5.06. The quantitative estimate of drug-likeness (QED) is 0.805. The first kappa shape index (κ1) is 16.4. The van der Waals surface area contributed by atoms with Crippen molar-refractivity contribution in [3.8, 4) is 0 Å². The Morgan fingerprint density at radius 2 is 1.88 bits per heavy atom. The fourth-order valence-corrected chi connectivity index (χ4v) is 2.68. The molecule has 1 heterocycles.